The van der Waals surface area contributed by atoms with Crippen LogP contribution < -0.4 is 15.5 Å². The topological polar surface area (TPSA) is 91.2 Å². The summed E-state index contributed by atoms with van der Waals surface area (Å²) >= 11 is 0. The highest BCUT2D eigenvalue weighted by atomic mass is 16.2. The third-order valence-electron chi connectivity index (χ3n) is 8.46. The van der Waals surface area contributed by atoms with Crippen LogP contribution in [0.1, 0.15) is 62.9 Å². The molecule has 36 heavy (non-hydrogen) atoms. The Balaban J connectivity index is 1.23. The Kier molecular flexibility index (Phi) is 6.03. The molecule has 3 aromatic rings. The number of anilines is 3. The third kappa shape index (κ3) is 3.99. The van der Waals surface area contributed by atoms with E-state index >= 15 is 0 Å². The fourth-order valence-electron chi connectivity index (χ4n) is 6.50. The van der Waals surface area contributed by atoms with Crippen LogP contribution in [0.25, 0.3) is 11.0 Å². The second-order valence-electron chi connectivity index (χ2n) is 10.4. The van der Waals surface area contributed by atoms with Crippen LogP contribution in [0.3, 0.4) is 0 Å². The van der Waals surface area contributed by atoms with Crippen LogP contribution in [-0.4, -0.2) is 69.1 Å². The molecule has 1 spiro atoms. The van der Waals surface area contributed by atoms with Gasteiger partial charge in [-0.1, -0.05) is 33.1 Å². The molecule has 6 rings (SSSR count). The normalized spacial score (nSPS) is 21.2. The van der Waals surface area contributed by atoms with Crippen LogP contribution in [0.5, 0.6) is 0 Å². The highest BCUT2D eigenvalue weighted by Gasteiger charge is 2.41. The summed E-state index contributed by atoms with van der Waals surface area (Å²) in [6, 6.07) is 6.66. The fraction of sp³-hybridized carbons (Fsp3) is 0.556. The minimum atomic E-state index is -0.0898. The number of nitrogens with one attached hydrogen (secondary N) is 2. The van der Waals surface area contributed by atoms with Gasteiger partial charge >= 0.3 is 0 Å². The van der Waals surface area contributed by atoms with Crippen molar-refractivity contribution in [3.63, 3.8) is 0 Å². The Morgan fingerprint density at radius 1 is 1.14 bits per heavy atom. The van der Waals surface area contributed by atoms with Crippen molar-refractivity contribution < 1.29 is 4.79 Å². The van der Waals surface area contributed by atoms with E-state index in [0.29, 0.717) is 30.0 Å². The van der Waals surface area contributed by atoms with Crippen LogP contribution in [0.4, 0.5) is 17.5 Å². The SMILES string of the molecule is CCN(CC)C1CCN(c2ccc(Nc3ncc4cc5n(c4n3)C3(CCCCC3)CNC5=O)nc2)C1. The van der Waals surface area contributed by atoms with E-state index < -0.39 is 0 Å². The van der Waals surface area contributed by atoms with E-state index in [4.69, 9.17) is 4.98 Å². The summed E-state index contributed by atoms with van der Waals surface area (Å²) in [5.41, 5.74) is 2.58. The van der Waals surface area contributed by atoms with Crippen molar-refractivity contribution in [1.82, 2.24) is 29.7 Å². The quantitative estimate of drug-likeness (QED) is 0.544. The van der Waals surface area contributed by atoms with Gasteiger partial charge in [0.25, 0.3) is 5.91 Å². The number of pyridine rings is 1. The zero-order valence-electron chi connectivity index (χ0n) is 21.3. The average molecular weight is 489 g/mol. The molecule has 2 N–H and O–H groups in total. The number of nitrogens with zero attached hydrogens (tertiary/aromatic N) is 6. The summed E-state index contributed by atoms with van der Waals surface area (Å²) in [5, 5.41) is 7.30. The van der Waals surface area contributed by atoms with Crippen LogP contribution in [-0.2, 0) is 5.54 Å². The molecule has 3 aliphatic rings. The zero-order chi connectivity index (χ0) is 24.7. The maximum Gasteiger partial charge on any atom is 0.268 e. The first-order chi connectivity index (χ1) is 17.6. The van der Waals surface area contributed by atoms with Crippen molar-refractivity contribution in [2.45, 2.75) is 64.0 Å². The number of carbonyl (C=O) groups is 1. The van der Waals surface area contributed by atoms with Crippen molar-refractivity contribution in [3.8, 4) is 0 Å². The minimum Gasteiger partial charge on any atom is -0.369 e. The van der Waals surface area contributed by atoms with Gasteiger partial charge in [0.15, 0.2) is 0 Å². The number of aromatic nitrogens is 4. The molecule has 0 aromatic carbocycles. The van der Waals surface area contributed by atoms with E-state index in [1.807, 2.05) is 24.5 Å². The summed E-state index contributed by atoms with van der Waals surface area (Å²) in [5.74, 6) is 1.19. The number of fused-ring (bicyclic) bond motifs is 4. The second-order valence-corrected chi connectivity index (χ2v) is 10.4. The van der Waals surface area contributed by atoms with Crippen LogP contribution in [0.15, 0.2) is 30.6 Å². The molecule has 5 heterocycles. The Labute approximate surface area is 212 Å². The second kappa shape index (κ2) is 9.35. The first kappa shape index (κ1) is 23.2. The summed E-state index contributed by atoms with van der Waals surface area (Å²) in [6.45, 7) is 9.44. The summed E-state index contributed by atoms with van der Waals surface area (Å²) in [7, 11) is 0. The number of amides is 1. The summed E-state index contributed by atoms with van der Waals surface area (Å²) in [4.78, 5) is 31.7. The Bertz CT molecular complexity index is 1240. The Morgan fingerprint density at radius 2 is 1.97 bits per heavy atom. The van der Waals surface area contributed by atoms with Gasteiger partial charge in [0.2, 0.25) is 5.95 Å². The number of carbonyl (C=O) groups excluding carboxylic acids is 1. The lowest BCUT2D eigenvalue weighted by molar-refractivity contribution is 0.0833. The largest absolute Gasteiger partial charge is 0.369 e. The minimum absolute atomic E-state index is 0.0268. The standard InChI is InChI=1S/C27H36N8O/c1-3-33(4-2)21-10-13-34(17-21)20-8-9-23(28-16-20)31-26-29-15-19-14-22-25(36)30-18-27(11-6-5-7-12-27)35(22)24(19)32-26/h8-9,14-16,21H,3-7,10-13,17-18H2,1-2H3,(H,30,36)(H,28,29,31,32). The van der Waals surface area contributed by atoms with E-state index in [1.165, 1.54) is 25.7 Å². The molecule has 9 nitrogen and oxygen atoms in total. The predicted octanol–water partition coefficient (Wildman–Crippen LogP) is 3.89. The van der Waals surface area contributed by atoms with Crippen LogP contribution in [0.2, 0.25) is 0 Å². The molecule has 1 saturated carbocycles. The van der Waals surface area contributed by atoms with Crippen molar-refractivity contribution in [3.05, 3.63) is 36.3 Å². The van der Waals surface area contributed by atoms with Gasteiger partial charge < -0.3 is 20.1 Å². The molecule has 2 fully saturated rings. The highest BCUT2D eigenvalue weighted by Crippen LogP contribution is 2.40. The average Bonchev–Trinajstić information content (AvgIpc) is 3.55. The van der Waals surface area contributed by atoms with Gasteiger partial charge in [-0.2, -0.15) is 4.98 Å². The third-order valence-corrected chi connectivity index (χ3v) is 8.46. The lowest BCUT2D eigenvalue weighted by atomic mass is 9.80. The molecule has 2 aliphatic heterocycles. The number of likely N-dealkylation sites (N-methyl/N-ethyl adjacent to an activating group) is 1. The molecule has 3 aromatic heterocycles. The zero-order valence-corrected chi connectivity index (χ0v) is 21.3. The van der Waals surface area contributed by atoms with Crippen molar-refractivity contribution in [2.75, 3.05) is 42.9 Å². The predicted molar refractivity (Wildman–Crippen MR) is 142 cm³/mol. The lowest BCUT2D eigenvalue weighted by Crippen LogP contribution is -2.52. The van der Waals surface area contributed by atoms with Gasteiger partial charge in [-0.05, 0) is 50.6 Å². The molecule has 1 saturated heterocycles. The number of rotatable bonds is 6. The van der Waals surface area contributed by atoms with Gasteiger partial charge in [-0.3, -0.25) is 9.69 Å². The maximum atomic E-state index is 12.7. The molecule has 0 radical (unpaired) electrons. The van der Waals surface area contributed by atoms with Gasteiger partial charge in [0, 0.05) is 37.3 Å². The molecule has 1 amide bonds. The van der Waals surface area contributed by atoms with E-state index in [1.54, 1.807) is 0 Å². The Morgan fingerprint density at radius 3 is 2.72 bits per heavy atom. The lowest BCUT2D eigenvalue weighted by Gasteiger charge is -2.42. The molecule has 1 aliphatic carbocycles. The summed E-state index contributed by atoms with van der Waals surface area (Å²) < 4.78 is 2.20. The van der Waals surface area contributed by atoms with E-state index in [-0.39, 0.29) is 11.4 Å². The van der Waals surface area contributed by atoms with Crippen molar-refractivity contribution in [1.29, 1.82) is 0 Å². The van der Waals surface area contributed by atoms with E-state index in [0.717, 1.165) is 55.7 Å². The highest BCUT2D eigenvalue weighted by molar-refractivity contribution is 5.99. The Hall–Kier alpha value is -3.20. The summed E-state index contributed by atoms with van der Waals surface area (Å²) in [6.07, 6.45) is 10.7. The molecular weight excluding hydrogens is 452 g/mol. The molecular formula is C27H36N8O. The maximum absolute atomic E-state index is 12.7. The van der Waals surface area contributed by atoms with Gasteiger partial charge in [-0.25, -0.2) is 9.97 Å². The smallest absolute Gasteiger partial charge is 0.268 e. The molecule has 1 unspecified atom stereocenters. The number of hydrogen-bond donors (Lipinski definition) is 2. The first-order valence-electron chi connectivity index (χ1n) is 13.5. The van der Waals surface area contributed by atoms with Gasteiger partial charge in [0.1, 0.15) is 17.2 Å². The first-order valence-corrected chi connectivity index (χ1v) is 13.5. The monoisotopic (exact) mass is 488 g/mol. The molecule has 0 bridgehead atoms. The van der Waals surface area contributed by atoms with E-state index in [9.17, 15) is 4.79 Å². The van der Waals surface area contributed by atoms with Gasteiger partial charge in [0.05, 0.1) is 17.4 Å². The van der Waals surface area contributed by atoms with Crippen molar-refractivity contribution >= 4 is 34.4 Å². The van der Waals surface area contributed by atoms with E-state index in [2.05, 4.69) is 54.9 Å². The van der Waals surface area contributed by atoms with Crippen LogP contribution >= 0.6 is 0 Å². The van der Waals surface area contributed by atoms with Crippen LogP contribution in [0, 0.1) is 0 Å². The molecule has 1 atom stereocenters. The fourth-order valence-corrected chi connectivity index (χ4v) is 6.50. The van der Waals surface area contributed by atoms with Gasteiger partial charge in [-0.15, -0.1) is 0 Å². The number of hydrogen-bond acceptors (Lipinski definition) is 7. The van der Waals surface area contributed by atoms with Crippen molar-refractivity contribution in [2.24, 2.45) is 0 Å². The molecule has 190 valence electrons. The molecule has 9 heteroatoms.